The predicted molar refractivity (Wildman–Crippen MR) is 71.4 cm³/mol. The van der Waals surface area contributed by atoms with E-state index in [9.17, 15) is 9.65 Å². The first-order valence-corrected chi connectivity index (χ1v) is 9.64. The Morgan fingerprint density at radius 1 is 1.39 bits per heavy atom. The lowest BCUT2D eigenvalue weighted by molar-refractivity contribution is 0.0146. The van der Waals surface area contributed by atoms with Crippen LogP contribution in [0, 0.1) is 11.3 Å². The van der Waals surface area contributed by atoms with E-state index < -0.39 is 20.1 Å². The van der Waals surface area contributed by atoms with Crippen molar-refractivity contribution in [2.75, 3.05) is 0 Å². The van der Waals surface area contributed by atoms with Crippen molar-refractivity contribution in [1.29, 1.82) is 5.26 Å². The van der Waals surface area contributed by atoms with Crippen LogP contribution < -0.4 is 0 Å². The second-order valence-corrected chi connectivity index (χ2v) is 10.2. The van der Waals surface area contributed by atoms with Gasteiger partial charge in [0.25, 0.3) is 0 Å². The Hall–Kier alpha value is -1.18. The van der Waals surface area contributed by atoms with Gasteiger partial charge >= 0.3 is 0 Å². The molecule has 0 fully saturated rings. The van der Waals surface area contributed by atoms with E-state index >= 15 is 0 Å². The molecule has 0 saturated carbocycles. The molecule has 0 heterocycles. The SMILES string of the molecule is C[Si](C)(C)O[C@@]1(C#N)c2ccccc2CC[C@H]1F. The second-order valence-electron chi connectivity index (χ2n) is 5.73. The first-order valence-electron chi connectivity index (χ1n) is 6.23. The zero-order chi connectivity index (χ0) is 13.4. The van der Waals surface area contributed by atoms with E-state index in [1.165, 1.54) is 0 Å². The summed E-state index contributed by atoms with van der Waals surface area (Å²) in [5.74, 6) is 0. The smallest absolute Gasteiger partial charge is 0.202 e. The molecular formula is C14H18FNOSi. The molecule has 96 valence electrons. The Morgan fingerprint density at radius 3 is 2.67 bits per heavy atom. The molecule has 2 atom stereocenters. The molecule has 1 aliphatic carbocycles. The summed E-state index contributed by atoms with van der Waals surface area (Å²) >= 11 is 0. The summed E-state index contributed by atoms with van der Waals surface area (Å²) in [7, 11) is -2.01. The summed E-state index contributed by atoms with van der Waals surface area (Å²) in [4.78, 5) is 0. The van der Waals surface area contributed by atoms with Crippen molar-refractivity contribution in [3.05, 3.63) is 35.4 Å². The fourth-order valence-corrected chi connectivity index (χ4v) is 3.76. The minimum absolute atomic E-state index is 0.356. The number of hydrogen-bond acceptors (Lipinski definition) is 2. The molecule has 2 rings (SSSR count). The van der Waals surface area contributed by atoms with Crippen LogP contribution in [0.2, 0.25) is 19.6 Å². The van der Waals surface area contributed by atoms with E-state index in [0.717, 1.165) is 5.56 Å². The van der Waals surface area contributed by atoms with Gasteiger partial charge in [-0.15, -0.1) is 0 Å². The molecule has 0 bridgehead atoms. The van der Waals surface area contributed by atoms with E-state index in [4.69, 9.17) is 4.43 Å². The minimum Gasteiger partial charge on any atom is -0.394 e. The largest absolute Gasteiger partial charge is 0.394 e. The van der Waals surface area contributed by atoms with Crippen molar-refractivity contribution >= 4 is 8.32 Å². The Morgan fingerprint density at radius 2 is 2.06 bits per heavy atom. The highest BCUT2D eigenvalue weighted by molar-refractivity contribution is 6.69. The molecule has 1 aliphatic rings. The summed E-state index contributed by atoms with van der Waals surface area (Å²) in [6.07, 6.45) is -0.214. The average molecular weight is 263 g/mol. The Bertz CT molecular complexity index is 491. The third-order valence-corrected chi connectivity index (χ3v) is 4.09. The Labute approximate surface area is 109 Å². The first-order chi connectivity index (χ1) is 8.39. The van der Waals surface area contributed by atoms with Crippen LogP contribution in [0.15, 0.2) is 24.3 Å². The zero-order valence-electron chi connectivity index (χ0n) is 11.0. The number of halogens is 1. The van der Waals surface area contributed by atoms with Crippen LogP contribution in [0.3, 0.4) is 0 Å². The van der Waals surface area contributed by atoms with Gasteiger partial charge in [0, 0.05) is 5.56 Å². The van der Waals surface area contributed by atoms with Gasteiger partial charge in [0.1, 0.15) is 12.2 Å². The van der Waals surface area contributed by atoms with Gasteiger partial charge in [0.2, 0.25) is 5.60 Å². The van der Waals surface area contributed by atoms with Crippen molar-refractivity contribution in [2.24, 2.45) is 0 Å². The number of nitriles is 1. The quantitative estimate of drug-likeness (QED) is 0.765. The molecule has 1 aromatic carbocycles. The van der Waals surface area contributed by atoms with Crippen molar-refractivity contribution < 1.29 is 8.82 Å². The number of aryl methyl sites for hydroxylation is 1. The summed E-state index contributed by atoms with van der Waals surface area (Å²) in [5.41, 5.74) is 0.346. The Balaban J connectivity index is 2.55. The molecule has 0 spiro atoms. The molecule has 1 aromatic rings. The summed E-state index contributed by atoms with van der Waals surface area (Å²) in [6, 6.07) is 9.67. The third-order valence-electron chi connectivity index (χ3n) is 3.16. The standard InChI is InChI=1S/C14H18FNOSi/c1-18(2,3)17-14(10-16)12-7-5-4-6-11(12)8-9-13(14)15/h4-7,13H,8-9H2,1-3H3/t13-,14+/m1/s1. The zero-order valence-corrected chi connectivity index (χ0v) is 12.0. The minimum atomic E-state index is -2.01. The number of alkyl halides is 1. The molecule has 0 unspecified atom stereocenters. The Kier molecular flexibility index (Phi) is 3.30. The highest BCUT2D eigenvalue weighted by Gasteiger charge is 2.48. The van der Waals surface area contributed by atoms with Gasteiger partial charge in [-0.25, -0.2) is 4.39 Å². The molecular weight excluding hydrogens is 245 g/mol. The molecule has 0 aromatic heterocycles. The average Bonchev–Trinajstić information content (AvgIpc) is 2.31. The topological polar surface area (TPSA) is 33.0 Å². The van der Waals surface area contributed by atoms with E-state index in [-0.39, 0.29) is 0 Å². The number of hydrogen-bond donors (Lipinski definition) is 0. The normalized spacial score (nSPS) is 27.4. The highest BCUT2D eigenvalue weighted by atomic mass is 28.4. The number of nitrogens with zero attached hydrogens (tertiary/aromatic N) is 1. The van der Waals surface area contributed by atoms with Crippen LogP contribution >= 0.6 is 0 Å². The predicted octanol–water partition coefficient (Wildman–Crippen LogP) is 3.54. The first kappa shape index (κ1) is 13.3. The molecule has 0 amide bonds. The van der Waals surface area contributed by atoms with Gasteiger partial charge in [-0.2, -0.15) is 5.26 Å². The van der Waals surface area contributed by atoms with Crippen LogP contribution in [-0.4, -0.2) is 14.5 Å². The fraction of sp³-hybridized carbons (Fsp3) is 0.500. The van der Waals surface area contributed by atoms with E-state index in [1.807, 2.05) is 43.9 Å². The molecule has 0 aliphatic heterocycles. The maximum absolute atomic E-state index is 14.4. The molecule has 0 N–H and O–H groups in total. The summed E-state index contributed by atoms with van der Waals surface area (Å²) in [5, 5.41) is 9.53. The van der Waals surface area contributed by atoms with Crippen LogP contribution in [0.1, 0.15) is 17.5 Å². The molecule has 0 radical (unpaired) electrons. The van der Waals surface area contributed by atoms with Crippen molar-refractivity contribution in [2.45, 2.75) is 44.3 Å². The van der Waals surface area contributed by atoms with Crippen molar-refractivity contribution in [1.82, 2.24) is 0 Å². The summed E-state index contributed by atoms with van der Waals surface area (Å²) in [6.45, 7) is 5.95. The van der Waals surface area contributed by atoms with Gasteiger partial charge in [-0.1, -0.05) is 24.3 Å². The van der Waals surface area contributed by atoms with Crippen LogP contribution in [-0.2, 0) is 16.4 Å². The number of fused-ring (bicyclic) bond motifs is 1. The van der Waals surface area contributed by atoms with Crippen LogP contribution in [0.5, 0.6) is 0 Å². The van der Waals surface area contributed by atoms with Gasteiger partial charge in [0.15, 0.2) is 8.32 Å². The molecule has 18 heavy (non-hydrogen) atoms. The lowest BCUT2D eigenvalue weighted by atomic mass is 9.79. The van der Waals surface area contributed by atoms with E-state index in [2.05, 4.69) is 6.07 Å². The monoisotopic (exact) mass is 263 g/mol. The van der Waals surface area contributed by atoms with E-state index in [1.54, 1.807) is 0 Å². The molecule has 4 heteroatoms. The number of benzene rings is 1. The van der Waals surface area contributed by atoms with Gasteiger partial charge in [-0.3, -0.25) is 0 Å². The van der Waals surface area contributed by atoms with Crippen LogP contribution in [0.4, 0.5) is 4.39 Å². The van der Waals surface area contributed by atoms with Gasteiger partial charge in [0.05, 0.1) is 0 Å². The number of rotatable bonds is 2. The summed E-state index contributed by atoms with van der Waals surface area (Å²) < 4.78 is 20.3. The van der Waals surface area contributed by atoms with Gasteiger partial charge in [-0.05, 0) is 38.0 Å². The fourth-order valence-electron chi connectivity index (χ4n) is 2.51. The van der Waals surface area contributed by atoms with Crippen molar-refractivity contribution in [3.8, 4) is 6.07 Å². The van der Waals surface area contributed by atoms with Crippen molar-refractivity contribution in [3.63, 3.8) is 0 Å². The maximum atomic E-state index is 14.4. The van der Waals surface area contributed by atoms with Gasteiger partial charge < -0.3 is 4.43 Å². The maximum Gasteiger partial charge on any atom is 0.202 e. The lowest BCUT2D eigenvalue weighted by Gasteiger charge is -2.40. The van der Waals surface area contributed by atoms with Crippen LogP contribution in [0.25, 0.3) is 0 Å². The second kappa shape index (κ2) is 4.49. The van der Waals surface area contributed by atoms with E-state index in [0.29, 0.717) is 18.4 Å². The third kappa shape index (κ3) is 2.20. The molecule has 0 saturated heterocycles. The highest BCUT2D eigenvalue weighted by Crippen LogP contribution is 2.41. The lowest BCUT2D eigenvalue weighted by Crippen LogP contribution is -2.48. The molecule has 2 nitrogen and oxygen atoms in total.